The van der Waals surface area contributed by atoms with E-state index in [1.54, 1.807) is 25.3 Å². The Morgan fingerprint density at radius 1 is 0.947 bits per heavy atom. The highest BCUT2D eigenvalue weighted by atomic mass is 16.5. The van der Waals surface area contributed by atoms with E-state index in [1.165, 1.54) is 20.5 Å². The van der Waals surface area contributed by atoms with E-state index >= 15 is 0 Å². The summed E-state index contributed by atoms with van der Waals surface area (Å²) in [5, 5.41) is 0. The zero-order valence-electron chi connectivity index (χ0n) is 10.9. The molecule has 2 aromatic rings. The molecule has 5 heteroatoms. The Balaban J connectivity index is 2.67. The highest BCUT2D eigenvalue weighted by Gasteiger charge is 2.19. The first-order valence-corrected chi connectivity index (χ1v) is 5.58. The molecule has 0 aliphatic rings. The van der Waals surface area contributed by atoms with E-state index in [9.17, 15) is 4.79 Å². The lowest BCUT2D eigenvalue weighted by atomic mass is 10.0. The molecule has 0 radical (unpaired) electrons. The van der Waals surface area contributed by atoms with Gasteiger partial charge in [0.15, 0.2) is 23.5 Å². The Kier molecular flexibility index (Phi) is 3.75. The molecule has 19 heavy (non-hydrogen) atoms. The maximum Gasteiger partial charge on any atom is 0.203 e. The van der Waals surface area contributed by atoms with Crippen molar-refractivity contribution in [3.8, 4) is 28.4 Å². The molecule has 0 spiro atoms. The van der Waals surface area contributed by atoms with Crippen molar-refractivity contribution in [1.82, 2.24) is 0 Å². The highest BCUT2D eigenvalue weighted by molar-refractivity contribution is 5.88. The maximum absolute atomic E-state index is 10.9. The molecule has 0 fully saturated rings. The van der Waals surface area contributed by atoms with Gasteiger partial charge < -0.3 is 18.6 Å². The second kappa shape index (κ2) is 5.48. The summed E-state index contributed by atoms with van der Waals surface area (Å²) in [6, 6.07) is 5.24. The van der Waals surface area contributed by atoms with Crippen LogP contribution in [0.2, 0.25) is 0 Å². The molecule has 1 aromatic carbocycles. The predicted molar refractivity (Wildman–Crippen MR) is 69.2 cm³/mol. The van der Waals surface area contributed by atoms with E-state index < -0.39 is 0 Å². The Hall–Kier alpha value is -2.43. The van der Waals surface area contributed by atoms with Gasteiger partial charge in [-0.1, -0.05) is 0 Å². The molecule has 0 aliphatic heterocycles. The second-order valence-corrected chi connectivity index (χ2v) is 3.70. The number of ether oxygens (including phenoxy) is 3. The van der Waals surface area contributed by atoms with Crippen LogP contribution in [0.1, 0.15) is 10.6 Å². The molecule has 0 unspecified atom stereocenters. The predicted octanol–water partition coefficient (Wildman–Crippen LogP) is 2.78. The summed E-state index contributed by atoms with van der Waals surface area (Å²) in [6.45, 7) is 0. The maximum atomic E-state index is 10.9. The molecule has 1 heterocycles. The monoisotopic (exact) mass is 262 g/mol. The Bertz CT molecular complexity index is 586. The first-order chi connectivity index (χ1) is 9.26. The van der Waals surface area contributed by atoms with Crippen molar-refractivity contribution in [2.24, 2.45) is 0 Å². The van der Waals surface area contributed by atoms with Crippen molar-refractivity contribution in [2.45, 2.75) is 0 Å². The number of rotatable bonds is 5. The van der Waals surface area contributed by atoms with Crippen LogP contribution in [-0.4, -0.2) is 27.6 Å². The fourth-order valence-electron chi connectivity index (χ4n) is 1.95. The normalized spacial score (nSPS) is 10.1. The largest absolute Gasteiger partial charge is 0.493 e. The van der Waals surface area contributed by atoms with Gasteiger partial charge in [0.1, 0.15) is 0 Å². The topological polar surface area (TPSA) is 57.9 Å². The minimum Gasteiger partial charge on any atom is -0.493 e. The van der Waals surface area contributed by atoms with Crippen LogP contribution in [0, 0.1) is 0 Å². The van der Waals surface area contributed by atoms with Crippen LogP contribution in [0.4, 0.5) is 0 Å². The summed E-state index contributed by atoms with van der Waals surface area (Å²) in [7, 11) is 4.60. The number of benzene rings is 1. The van der Waals surface area contributed by atoms with Crippen molar-refractivity contribution in [3.05, 3.63) is 30.2 Å². The van der Waals surface area contributed by atoms with Crippen LogP contribution in [-0.2, 0) is 0 Å². The summed E-state index contributed by atoms with van der Waals surface area (Å²) in [5.41, 5.74) is 1.35. The fourth-order valence-corrected chi connectivity index (χ4v) is 1.95. The van der Waals surface area contributed by atoms with Crippen molar-refractivity contribution >= 4 is 6.29 Å². The van der Waals surface area contributed by atoms with Crippen LogP contribution in [0.3, 0.4) is 0 Å². The van der Waals surface area contributed by atoms with Crippen molar-refractivity contribution in [3.63, 3.8) is 0 Å². The Morgan fingerprint density at radius 3 is 2.26 bits per heavy atom. The van der Waals surface area contributed by atoms with Gasteiger partial charge in [-0.15, -0.1) is 0 Å². The third kappa shape index (κ3) is 2.14. The van der Waals surface area contributed by atoms with Gasteiger partial charge >= 0.3 is 0 Å². The molecule has 2 rings (SSSR count). The molecule has 0 bridgehead atoms. The molecular formula is C14H14O5. The van der Waals surface area contributed by atoms with Gasteiger partial charge in [0.2, 0.25) is 5.75 Å². The van der Waals surface area contributed by atoms with E-state index in [2.05, 4.69) is 0 Å². The molecule has 1 aromatic heterocycles. The van der Waals surface area contributed by atoms with E-state index in [0.29, 0.717) is 34.7 Å². The number of carbonyl (C=O) groups excluding carboxylic acids is 1. The third-order valence-electron chi connectivity index (χ3n) is 2.80. The summed E-state index contributed by atoms with van der Waals surface area (Å²) in [6.07, 6.45) is 2.11. The molecule has 0 atom stereocenters. The number of furan rings is 1. The molecular weight excluding hydrogens is 248 g/mol. The molecule has 0 saturated carbocycles. The van der Waals surface area contributed by atoms with E-state index in [-0.39, 0.29) is 5.76 Å². The summed E-state index contributed by atoms with van der Waals surface area (Å²) >= 11 is 0. The first-order valence-electron chi connectivity index (χ1n) is 5.58. The van der Waals surface area contributed by atoms with Crippen molar-refractivity contribution in [1.29, 1.82) is 0 Å². The zero-order valence-corrected chi connectivity index (χ0v) is 10.9. The van der Waals surface area contributed by atoms with Crippen LogP contribution >= 0.6 is 0 Å². The average molecular weight is 262 g/mol. The lowest BCUT2D eigenvalue weighted by Crippen LogP contribution is -1.97. The van der Waals surface area contributed by atoms with Crippen LogP contribution < -0.4 is 14.2 Å². The minimum absolute atomic E-state index is 0.241. The van der Waals surface area contributed by atoms with E-state index in [0.717, 1.165) is 0 Å². The molecule has 5 nitrogen and oxygen atoms in total. The quantitative estimate of drug-likeness (QED) is 0.775. The van der Waals surface area contributed by atoms with Crippen LogP contribution in [0.5, 0.6) is 17.2 Å². The summed E-state index contributed by atoms with van der Waals surface area (Å²) < 4.78 is 21.0. The third-order valence-corrected chi connectivity index (χ3v) is 2.80. The average Bonchev–Trinajstić information content (AvgIpc) is 2.93. The lowest BCUT2D eigenvalue weighted by Gasteiger charge is -2.15. The van der Waals surface area contributed by atoms with Gasteiger partial charge in [0.25, 0.3) is 0 Å². The highest BCUT2D eigenvalue weighted by Crippen LogP contribution is 2.44. The van der Waals surface area contributed by atoms with Crippen molar-refractivity contribution < 1.29 is 23.4 Å². The number of methoxy groups -OCH3 is 3. The SMILES string of the molecule is COc1ccc(-c2ccoc2C=O)c(OC)c1OC. The van der Waals surface area contributed by atoms with Gasteiger partial charge in [-0.2, -0.15) is 0 Å². The van der Waals surface area contributed by atoms with E-state index in [1.807, 2.05) is 0 Å². The summed E-state index contributed by atoms with van der Waals surface area (Å²) in [4.78, 5) is 10.9. The Morgan fingerprint density at radius 2 is 1.68 bits per heavy atom. The standard InChI is InChI=1S/C14H14O5/c1-16-11-5-4-10(13(17-2)14(11)18-3)9-6-7-19-12(9)8-15/h4-8H,1-3H3. The number of hydrogen-bond donors (Lipinski definition) is 0. The molecule has 0 aliphatic carbocycles. The first kappa shape index (κ1) is 13.0. The number of carbonyl (C=O) groups is 1. The smallest absolute Gasteiger partial charge is 0.203 e. The molecule has 0 amide bonds. The summed E-state index contributed by atoms with van der Waals surface area (Å²) in [5.74, 6) is 1.76. The van der Waals surface area contributed by atoms with Crippen LogP contribution in [0.15, 0.2) is 28.9 Å². The lowest BCUT2D eigenvalue weighted by molar-refractivity contribution is 0.110. The minimum atomic E-state index is 0.241. The second-order valence-electron chi connectivity index (χ2n) is 3.70. The van der Waals surface area contributed by atoms with E-state index in [4.69, 9.17) is 18.6 Å². The number of aldehydes is 1. The zero-order chi connectivity index (χ0) is 13.8. The molecule has 0 saturated heterocycles. The molecule has 100 valence electrons. The van der Waals surface area contributed by atoms with Crippen LogP contribution in [0.25, 0.3) is 11.1 Å². The fraction of sp³-hybridized carbons (Fsp3) is 0.214. The van der Waals surface area contributed by atoms with Gasteiger partial charge in [0.05, 0.1) is 27.6 Å². The van der Waals surface area contributed by atoms with Crippen molar-refractivity contribution in [2.75, 3.05) is 21.3 Å². The van der Waals surface area contributed by atoms with Gasteiger partial charge in [-0.25, -0.2) is 0 Å². The molecule has 0 N–H and O–H groups in total. The van der Waals surface area contributed by atoms with Gasteiger partial charge in [-0.05, 0) is 18.2 Å². The van der Waals surface area contributed by atoms with Gasteiger partial charge in [0, 0.05) is 11.1 Å². The van der Waals surface area contributed by atoms with Gasteiger partial charge in [-0.3, -0.25) is 4.79 Å². The number of hydrogen-bond acceptors (Lipinski definition) is 5. The Labute approximate surface area is 110 Å².